The third kappa shape index (κ3) is 3.72. The van der Waals surface area contributed by atoms with Crippen molar-refractivity contribution in [3.63, 3.8) is 0 Å². The molecule has 3 amide bonds. The average Bonchev–Trinajstić information content (AvgIpc) is 2.46. The molecule has 2 heterocycles. The SMILES string of the molecule is CC1CC(C(=O)O)CN(C(=O)Nc2cccc(C(N)=O)n2)C1. The van der Waals surface area contributed by atoms with Gasteiger partial charge in [-0.15, -0.1) is 0 Å². The first-order valence-electron chi connectivity index (χ1n) is 6.92. The second kappa shape index (κ2) is 6.42. The first kappa shape index (κ1) is 15.7. The Bertz CT molecular complexity index is 604. The van der Waals surface area contributed by atoms with Gasteiger partial charge in [0.25, 0.3) is 5.91 Å². The van der Waals surface area contributed by atoms with Gasteiger partial charge in [-0.2, -0.15) is 0 Å². The van der Waals surface area contributed by atoms with Crippen molar-refractivity contribution >= 4 is 23.7 Å². The maximum Gasteiger partial charge on any atom is 0.323 e. The molecular weight excluding hydrogens is 288 g/mol. The smallest absolute Gasteiger partial charge is 0.323 e. The number of aliphatic carboxylic acids is 1. The van der Waals surface area contributed by atoms with Crippen molar-refractivity contribution in [3.8, 4) is 0 Å². The van der Waals surface area contributed by atoms with Gasteiger partial charge in [0, 0.05) is 13.1 Å². The van der Waals surface area contributed by atoms with Gasteiger partial charge >= 0.3 is 12.0 Å². The topological polar surface area (TPSA) is 126 Å². The number of likely N-dealkylation sites (tertiary alicyclic amines) is 1. The van der Waals surface area contributed by atoms with Gasteiger partial charge in [0.2, 0.25) is 0 Å². The highest BCUT2D eigenvalue weighted by Gasteiger charge is 2.32. The molecule has 1 aromatic heterocycles. The normalized spacial score (nSPS) is 21.2. The number of pyridine rings is 1. The number of hydrogen-bond acceptors (Lipinski definition) is 4. The Hall–Kier alpha value is -2.64. The highest BCUT2D eigenvalue weighted by atomic mass is 16.4. The molecule has 22 heavy (non-hydrogen) atoms. The lowest BCUT2D eigenvalue weighted by atomic mass is 9.91. The monoisotopic (exact) mass is 306 g/mol. The molecule has 1 aliphatic heterocycles. The zero-order chi connectivity index (χ0) is 16.3. The van der Waals surface area contributed by atoms with Gasteiger partial charge < -0.3 is 15.7 Å². The van der Waals surface area contributed by atoms with E-state index in [1.165, 1.54) is 17.0 Å². The van der Waals surface area contributed by atoms with Gasteiger partial charge in [0.05, 0.1) is 5.92 Å². The lowest BCUT2D eigenvalue weighted by molar-refractivity contribution is -0.143. The summed E-state index contributed by atoms with van der Waals surface area (Å²) in [6, 6.07) is 4.10. The molecular formula is C14H18N4O4. The minimum Gasteiger partial charge on any atom is -0.481 e. The van der Waals surface area contributed by atoms with Crippen LogP contribution in [0.4, 0.5) is 10.6 Å². The van der Waals surface area contributed by atoms with Crippen molar-refractivity contribution in [2.75, 3.05) is 18.4 Å². The maximum atomic E-state index is 12.2. The fraction of sp³-hybridized carbons (Fsp3) is 0.429. The van der Waals surface area contributed by atoms with Crippen molar-refractivity contribution in [1.82, 2.24) is 9.88 Å². The molecule has 1 aromatic rings. The Morgan fingerprint density at radius 1 is 1.36 bits per heavy atom. The molecule has 1 aliphatic rings. The Labute approximate surface area is 127 Å². The largest absolute Gasteiger partial charge is 0.481 e. The van der Waals surface area contributed by atoms with E-state index in [2.05, 4.69) is 10.3 Å². The molecule has 0 aliphatic carbocycles. The van der Waals surface area contributed by atoms with Crippen molar-refractivity contribution in [3.05, 3.63) is 23.9 Å². The third-order valence-electron chi connectivity index (χ3n) is 3.53. The molecule has 0 spiro atoms. The van der Waals surface area contributed by atoms with Gasteiger partial charge in [-0.3, -0.25) is 14.9 Å². The molecule has 1 fully saturated rings. The van der Waals surface area contributed by atoms with Crippen LogP contribution >= 0.6 is 0 Å². The predicted molar refractivity (Wildman–Crippen MR) is 78.3 cm³/mol. The van der Waals surface area contributed by atoms with Crippen LogP contribution in [-0.2, 0) is 4.79 Å². The number of anilines is 1. The van der Waals surface area contributed by atoms with Gasteiger partial charge in [-0.1, -0.05) is 13.0 Å². The lowest BCUT2D eigenvalue weighted by Crippen LogP contribution is -2.47. The Morgan fingerprint density at radius 2 is 2.09 bits per heavy atom. The van der Waals surface area contributed by atoms with Gasteiger partial charge in [-0.05, 0) is 24.5 Å². The van der Waals surface area contributed by atoms with Crippen molar-refractivity contribution in [2.24, 2.45) is 17.6 Å². The first-order chi connectivity index (χ1) is 10.4. The van der Waals surface area contributed by atoms with Crippen LogP contribution in [0.2, 0.25) is 0 Å². The summed E-state index contributed by atoms with van der Waals surface area (Å²) in [5.74, 6) is -1.86. The van der Waals surface area contributed by atoms with Gasteiger partial charge in [-0.25, -0.2) is 9.78 Å². The predicted octanol–water partition coefficient (Wildman–Crippen LogP) is 0.755. The maximum absolute atomic E-state index is 12.2. The Morgan fingerprint density at radius 3 is 2.73 bits per heavy atom. The van der Waals surface area contributed by atoms with Crippen LogP contribution in [0, 0.1) is 11.8 Å². The van der Waals surface area contributed by atoms with E-state index in [9.17, 15) is 14.4 Å². The summed E-state index contributed by atoms with van der Waals surface area (Å²) in [6.45, 7) is 2.54. The number of carbonyl (C=O) groups excluding carboxylic acids is 2. The average molecular weight is 306 g/mol. The van der Waals surface area contributed by atoms with Crippen LogP contribution in [0.5, 0.6) is 0 Å². The number of carbonyl (C=O) groups is 3. The quantitative estimate of drug-likeness (QED) is 0.760. The number of primary amides is 1. The number of carboxylic acids is 1. The lowest BCUT2D eigenvalue weighted by Gasteiger charge is -2.34. The van der Waals surface area contributed by atoms with E-state index in [4.69, 9.17) is 10.8 Å². The molecule has 1 saturated heterocycles. The second-order valence-electron chi connectivity index (χ2n) is 5.48. The molecule has 8 nitrogen and oxygen atoms in total. The molecule has 0 aromatic carbocycles. The number of nitrogens with zero attached hydrogens (tertiary/aromatic N) is 2. The minimum atomic E-state index is -0.904. The number of hydrogen-bond donors (Lipinski definition) is 3. The summed E-state index contributed by atoms with van der Waals surface area (Å²) < 4.78 is 0. The number of piperidine rings is 1. The molecule has 8 heteroatoms. The van der Waals surface area contributed by atoms with E-state index in [1.807, 2.05) is 6.92 Å². The fourth-order valence-corrected chi connectivity index (χ4v) is 2.53. The van der Waals surface area contributed by atoms with Crippen LogP contribution in [0.1, 0.15) is 23.8 Å². The molecule has 2 atom stereocenters. The van der Waals surface area contributed by atoms with Crippen LogP contribution in [-0.4, -0.2) is 46.0 Å². The number of amides is 3. The fourth-order valence-electron chi connectivity index (χ4n) is 2.53. The zero-order valence-electron chi connectivity index (χ0n) is 12.2. The highest BCUT2D eigenvalue weighted by Crippen LogP contribution is 2.22. The van der Waals surface area contributed by atoms with Crippen molar-refractivity contribution < 1.29 is 19.5 Å². The number of aromatic nitrogens is 1. The molecule has 2 unspecified atom stereocenters. The minimum absolute atomic E-state index is 0.0493. The Kier molecular flexibility index (Phi) is 4.59. The van der Waals surface area contributed by atoms with Crippen molar-refractivity contribution in [2.45, 2.75) is 13.3 Å². The summed E-state index contributed by atoms with van der Waals surface area (Å²) >= 11 is 0. The molecule has 0 saturated carbocycles. The molecule has 4 N–H and O–H groups in total. The molecule has 2 rings (SSSR count). The van der Waals surface area contributed by atoms with Crippen LogP contribution in [0.25, 0.3) is 0 Å². The summed E-state index contributed by atoms with van der Waals surface area (Å²) in [4.78, 5) is 39.8. The molecule has 118 valence electrons. The van der Waals surface area contributed by atoms with Crippen LogP contribution < -0.4 is 11.1 Å². The first-order valence-corrected chi connectivity index (χ1v) is 6.92. The zero-order valence-corrected chi connectivity index (χ0v) is 12.2. The summed E-state index contributed by atoms with van der Waals surface area (Å²) in [5, 5.41) is 11.7. The van der Waals surface area contributed by atoms with Crippen LogP contribution in [0.15, 0.2) is 18.2 Å². The molecule has 0 bridgehead atoms. The van der Waals surface area contributed by atoms with E-state index < -0.39 is 23.8 Å². The summed E-state index contributed by atoms with van der Waals surface area (Å²) in [6.07, 6.45) is 0.550. The Balaban J connectivity index is 2.06. The van der Waals surface area contributed by atoms with E-state index >= 15 is 0 Å². The van der Waals surface area contributed by atoms with E-state index in [0.717, 1.165) is 0 Å². The highest BCUT2D eigenvalue weighted by molar-refractivity contribution is 5.93. The summed E-state index contributed by atoms with van der Waals surface area (Å²) in [7, 11) is 0. The third-order valence-corrected chi connectivity index (χ3v) is 3.53. The van der Waals surface area contributed by atoms with Gasteiger partial charge in [0.1, 0.15) is 11.5 Å². The second-order valence-corrected chi connectivity index (χ2v) is 5.48. The number of rotatable bonds is 3. The van der Waals surface area contributed by atoms with E-state index in [1.54, 1.807) is 6.07 Å². The van der Waals surface area contributed by atoms with E-state index in [0.29, 0.717) is 13.0 Å². The number of urea groups is 1. The summed E-state index contributed by atoms with van der Waals surface area (Å²) in [5.41, 5.74) is 5.19. The van der Waals surface area contributed by atoms with Crippen LogP contribution in [0.3, 0.4) is 0 Å². The molecule has 0 radical (unpaired) electrons. The van der Waals surface area contributed by atoms with Crippen molar-refractivity contribution in [1.29, 1.82) is 0 Å². The number of nitrogens with one attached hydrogen (secondary N) is 1. The number of carboxylic acid groups (broad SMARTS) is 1. The number of nitrogens with two attached hydrogens (primary N) is 1. The van der Waals surface area contributed by atoms with Gasteiger partial charge in [0.15, 0.2) is 0 Å². The van der Waals surface area contributed by atoms with E-state index in [-0.39, 0.29) is 24.0 Å². The standard InChI is InChI=1S/C14H18N4O4/c1-8-5-9(13(20)21)7-18(6-8)14(22)17-11-4-2-3-10(16-11)12(15)19/h2-4,8-9H,5-7H2,1H3,(H2,15,19)(H,20,21)(H,16,17,22).